The summed E-state index contributed by atoms with van der Waals surface area (Å²) in [7, 11) is 0. The third-order valence-electron chi connectivity index (χ3n) is 8.80. The minimum Gasteiger partial charge on any atom is -0.341 e. The summed E-state index contributed by atoms with van der Waals surface area (Å²) in [5, 5.41) is 0. The van der Waals surface area contributed by atoms with E-state index in [-0.39, 0.29) is 11.7 Å². The minimum atomic E-state index is -0.410. The highest BCUT2D eigenvalue weighted by Gasteiger charge is 2.43. The van der Waals surface area contributed by atoms with Crippen LogP contribution in [0.15, 0.2) is 54.7 Å². The fourth-order valence-corrected chi connectivity index (χ4v) is 6.50. The van der Waals surface area contributed by atoms with Gasteiger partial charge in [0.15, 0.2) is 0 Å². The molecule has 0 radical (unpaired) electrons. The zero-order valence-electron chi connectivity index (χ0n) is 21.6. The van der Waals surface area contributed by atoms with Gasteiger partial charge in [-0.25, -0.2) is 14.4 Å². The summed E-state index contributed by atoms with van der Waals surface area (Å²) in [5.74, 6) is 1.18. The maximum Gasteiger partial charge on any atom is 0.257 e. The van der Waals surface area contributed by atoms with E-state index in [4.69, 9.17) is 9.97 Å². The highest BCUT2D eigenvalue weighted by atomic mass is 19.1. The molecular weight excluding hydrogens is 463 g/mol. The zero-order valence-corrected chi connectivity index (χ0v) is 21.6. The first kappa shape index (κ1) is 24.1. The molecule has 1 amide bonds. The molecule has 0 N–H and O–H groups in total. The zero-order chi connectivity index (χ0) is 25.4. The molecule has 1 saturated heterocycles. The molecule has 1 aliphatic carbocycles. The van der Waals surface area contributed by atoms with Gasteiger partial charge in [-0.05, 0) is 66.8 Å². The Morgan fingerprint density at radius 2 is 1.68 bits per heavy atom. The van der Waals surface area contributed by atoms with Crippen LogP contribution in [0.3, 0.4) is 0 Å². The highest BCUT2D eigenvalue weighted by Crippen LogP contribution is 2.47. The largest absolute Gasteiger partial charge is 0.341 e. The monoisotopic (exact) mass is 498 g/mol. The number of rotatable bonds is 4. The molecule has 6 rings (SSSR count). The number of benzene rings is 2. The summed E-state index contributed by atoms with van der Waals surface area (Å²) < 4.78 is 13.9. The molecule has 2 aliphatic heterocycles. The van der Waals surface area contributed by atoms with E-state index in [1.807, 2.05) is 23.1 Å². The predicted molar refractivity (Wildman–Crippen MR) is 143 cm³/mol. The van der Waals surface area contributed by atoms with Gasteiger partial charge in [-0.3, -0.25) is 4.79 Å². The van der Waals surface area contributed by atoms with Gasteiger partial charge in [-0.15, -0.1) is 0 Å². The lowest BCUT2D eigenvalue weighted by atomic mass is 9.74. The first-order valence-corrected chi connectivity index (χ1v) is 13.8. The third kappa shape index (κ3) is 4.51. The van der Waals surface area contributed by atoms with Crippen LogP contribution in [0.5, 0.6) is 0 Å². The number of hydrogen-bond acceptors (Lipinski definition) is 4. The van der Waals surface area contributed by atoms with Gasteiger partial charge in [0.25, 0.3) is 5.91 Å². The van der Waals surface area contributed by atoms with E-state index in [1.165, 1.54) is 23.3 Å². The number of fused-ring (bicyclic) bond motifs is 1. The number of nitrogens with zero attached hydrogens (tertiary/aromatic N) is 4. The maximum absolute atomic E-state index is 14.1. The number of hydrogen-bond donors (Lipinski definition) is 0. The van der Waals surface area contributed by atoms with Crippen molar-refractivity contribution in [3.05, 3.63) is 88.5 Å². The molecule has 3 aromatic rings. The van der Waals surface area contributed by atoms with Gasteiger partial charge in [0.05, 0.1) is 11.3 Å². The van der Waals surface area contributed by atoms with E-state index < -0.39 is 5.41 Å². The molecular formula is C31H35FN4O. The van der Waals surface area contributed by atoms with Crippen LogP contribution in [0.2, 0.25) is 0 Å². The van der Waals surface area contributed by atoms with Crippen molar-refractivity contribution in [2.75, 3.05) is 24.5 Å². The summed E-state index contributed by atoms with van der Waals surface area (Å²) in [6, 6.07) is 15.2. The molecule has 0 unspecified atom stereocenters. The Kier molecular flexibility index (Phi) is 6.43. The van der Waals surface area contributed by atoms with E-state index in [0.717, 1.165) is 75.2 Å². The van der Waals surface area contributed by atoms with E-state index in [9.17, 15) is 9.18 Å². The van der Waals surface area contributed by atoms with Crippen LogP contribution >= 0.6 is 0 Å². The number of carbonyl (C=O) groups is 1. The topological polar surface area (TPSA) is 49.3 Å². The van der Waals surface area contributed by atoms with E-state index in [2.05, 4.69) is 30.0 Å². The van der Waals surface area contributed by atoms with Crippen LogP contribution in [0.1, 0.15) is 78.2 Å². The molecule has 5 nitrogen and oxygen atoms in total. The van der Waals surface area contributed by atoms with Crippen molar-refractivity contribution < 1.29 is 9.18 Å². The molecule has 1 saturated carbocycles. The van der Waals surface area contributed by atoms with Crippen LogP contribution in [0.25, 0.3) is 0 Å². The van der Waals surface area contributed by atoms with E-state index in [0.29, 0.717) is 24.6 Å². The Bertz CT molecular complexity index is 1280. The van der Waals surface area contributed by atoms with Crippen molar-refractivity contribution in [3.63, 3.8) is 0 Å². The Morgan fingerprint density at radius 1 is 0.973 bits per heavy atom. The molecule has 6 heteroatoms. The Labute approximate surface area is 218 Å². The Balaban J connectivity index is 1.43. The lowest BCUT2D eigenvalue weighted by Crippen LogP contribution is -2.39. The first-order chi connectivity index (χ1) is 18.0. The second kappa shape index (κ2) is 9.88. The van der Waals surface area contributed by atoms with Gasteiger partial charge in [0.2, 0.25) is 5.95 Å². The van der Waals surface area contributed by atoms with Crippen molar-refractivity contribution in [2.45, 2.75) is 63.8 Å². The smallest absolute Gasteiger partial charge is 0.257 e. The quantitative estimate of drug-likeness (QED) is 0.449. The van der Waals surface area contributed by atoms with Gasteiger partial charge in [-0.1, -0.05) is 56.2 Å². The third-order valence-corrected chi connectivity index (χ3v) is 8.80. The van der Waals surface area contributed by atoms with Crippen molar-refractivity contribution in [3.8, 4) is 0 Å². The standard InChI is InChI=1S/C31H35FN4O/c1-22-12-17-35(18-13-22)30-33-20-27(29(37)36-19-14-23-6-2-3-7-24(23)21-36)28(34-30)31(15-4-5-16-31)25-8-10-26(32)11-9-25/h2-3,6-11,20,22H,4-5,12-19,21H2,1H3. The van der Waals surface area contributed by atoms with Crippen LogP contribution in [0.4, 0.5) is 10.3 Å². The average Bonchev–Trinajstić information content (AvgIpc) is 3.44. The van der Waals surface area contributed by atoms with E-state index in [1.54, 1.807) is 6.20 Å². The molecule has 3 heterocycles. The number of halogens is 1. The number of aromatic nitrogens is 2. The van der Waals surface area contributed by atoms with Gasteiger partial charge in [-0.2, -0.15) is 0 Å². The normalized spacial score (nSPS) is 19.6. The van der Waals surface area contributed by atoms with Crippen LogP contribution in [0, 0.1) is 11.7 Å². The number of anilines is 1. The van der Waals surface area contributed by atoms with Crippen molar-refractivity contribution in [1.29, 1.82) is 0 Å². The summed E-state index contributed by atoms with van der Waals surface area (Å²) in [6.07, 6.45) is 8.79. The lowest BCUT2D eigenvalue weighted by molar-refractivity contribution is 0.0731. The van der Waals surface area contributed by atoms with Gasteiger partial charge < -0.3 is 9.80 Å². The summed E-state index contributed by atoms with van der Waals surface area (Å²) in [5.41, 5.74) is 4.58. The fraction of sp³-hybridized carbons (Fsp3) is 0.452. The predicted octanol–water partition coefficient (Wildman–Crippen LogP) is 5.91. The lowest BCUT2D eigenvalue weighted by Gasteiger charge is -2.35. The van der Waals surface area contributed by atoms with Crippen LogP contribution in [-0.2, 0) is 18.4 Å². The Morgan fingerprint density at radius 3 is 2.41 bits per heavy atom. The Hall–Kier alpha value is -3.28. The second-order valence-corrected chi connectivity index (χ2v) is 11.1. The SMILES string of the molecule is CC1CCN(c2ncc(C(=O)N3CCc4ccccc4C3)c(C3(c4ccc(F)cc4)CCCC3)n2)CC1. The first-order valence-electron chi connectivity index (χ1n) is 13.8. The number of piperidine rings is 1. The number of amides is 1. The van der Waals surface area contributed by atoms with Gasteiger partial charge >= 0.3 is 0 Å². The summed E-state index contributed by atoms with van der Waals surface area (Å²) in [6.45, 7) is 5.44. The van der Waals surface area contributed by atoms with Crippen LogP contribution in [-0.4, -0.2) is 40.4 Å². The molecule has 3 aliphatic rings. The molecule has 37 heavy (non-hydrogen) atoms. The molecule has 0 bridgehead atoms. The molecule has 1 aromatic heterocycles. The highest BCUT2D eigenvalue weighted by molar-refractivity contribution is 5.96. The summed E-state index contributed by atoms with van der Waals surface area (Å²) in [4.78, 5) is 28.3. The van der Waals surface area contributed by atoms with Crippen molar-refractivity contribution in [2.24, 2.45) is 5.92 Å². The molecule has 2 aromatic carbocycles. The molecule has 2 fully saturated rings. The van der Waals surface area contributed by atoms with Crippen molar-refractivity contribution >= 4 is 11.9 Å². The van der Waals surface area contributed by atoms with Gasteiger partial charge in [0.1, 0.15) is 5.82 Å². The van der Waals surface area contributed by atoms with Crippen molar-refractivity contribution in [1.82, 2.24) is 14.9 Å². The van der Waals surface area contributed by atoms with E-state index >= 15 is 0 Å². The van der Waals surface area contributed by atoms with Crippen LogP contribution < -0.4 is 4.90 Å². The summed E-state index contributed by atoms with van der Waals surface area (Å²) >= 11 is 0. The van der Waals surface area contributed by atoms with Gasteiger partial charge in [0, 0.05) is 37.8 Å². The fourth-order valence-electron chi connectivity index (χ4n) is 6.50. The molecule has 192 valence electrons. The number of carbonyl (C=O) groups excluding carboxylic acids is 1. The molecule has 0 atom stereocenters. The second-order valence-electron chi connectivity index (χ2n) is 11.1. The minimum absolute atomic E-state index is 0.00305. The molecule has 0 spiro atoms. The maximum atomic E-state index is 14.1. The average molecular weight is 499 g/mol.